The molecule has 1 spiro atoms. The molecule has 10 saturated heterocycles. The molecular formula is C25H31FeNO. The van der Waals surface area contributed by atoms with Crippen molar-refractivity contribution in [1.82, 2.24) is 4.90 Å². The molecular weight excluding hydrogens is 386 g/mol. The maximum absolute atomic E-state index is 10.5. The van der Waals surface area contributed by atoms with Crippen molar-refractivity contribution in [3.63, 3.8) is 0 Å². The van der Waals surface area contributed by atoms with Crippen LogP contribution in [0.1, 0.15) is 37.8 Å². The monoisotopic (exact) mass is 417 g/mol. The normalized spacial score (nSPS) is 83.4. The van der Waals surface area contributed by atoms with Gasteiger partial charge in [-0.1, -0.05) is 0 Å². The van der Waals surface area contributed by atoms with Crippen molar-refractivity contribution in [3.05, 3.63) is 29.3 Å². The molecule has 12 rings (SSSR count). The molecule has 0 radical (unpaired) electrons. The Hall–Kier alpha value is -0.501. The second kappa shape index (κ2) is 1.61. The number of phenolic OH excluding ortho intramolecular Hbond substituents is 1. The fourth-order valence-corrected chi connectivity index (χ4v) is 96.4. The summed E-state index contributed by atoms with van der Waals surface area (Å²) in [5.74, 6) is 0.560. The van der Waals surface area contributed by atoms with Crippen LogP contribution in [0.15, 0.2) is 18.2 Å². The molecule has 1 N–H and O–H groups in total. The number of phenols is 1. The van der Waals surface area contributed by atoms with Crippen molar-refractivity contribution in [3.8, 4) is 5.75 Å². The van der Waals surface area contributed by atoms with Crippen molar-refractivity contribution < 1.29 is 11.6 Å². The Morgan fingerprint density at radius 3 is 2.32 bits per heavy atom. The van der Waals surface area contributed by atoms with Gasteiger partial charge in [0.15, 0.2) is 0 Å². The van der Waals surface area contributed by atoms with Crippen molar-refractivity contribution in [2.45, 2.75) is 99.3 Å². The third-order valence-electron chi connectivity index (χ3n) is 19.3. The van der Waals surface area contributed by atoms with Gasteiger partial charge in [-0.25, -0.2) is 0 Å². The van der Waals surface area contributed by atoms with Crippen LogP contribution < -0.4 is 0 Å². The quantitative estimate of drug-likeness (QED) is 0.585. The zero-order valence-electron chi connectivity index (χ0n) is 16.9. The molecule has 1 aromatic rings. The number of nitrogens with zero attached hydrogens (tertiary/aromatic N) is 1. The summed E-state index contributed by atoms with van der Waals surface area (Å²) in [6.45, 7) is 3.39. The topological polar surface area (TPSA) is 23.5 Å². The summed E-state index contributed by atoms with van der Waals surface area (Å²) in [6, 6.07) is 7.77. The van der Waals surface area contributed by atoms with Gasteiger partial charge in [-0.15, -0.1) is 0 Å². The average molecular weight is 417 g/mol. The van der Waals surface area contributed by atoms with E-state index in [1.165, 1.54) is 80.3 Å². The SMILES string of the molecule is CCCN(C1CCc2cccc(O)c2C1)C(C)[C]12[CH]3[CH]4[CH]5[CH]1[Fe]45321678[CH]2[CH]1[CH]6[CH]7[CH]28. The Kier molecular flexibility index (Phi) is 0.748. The molecule has 28 heavy (non-hydrogen) atoms. The van der Waals surface area contributed by atoms with Crippen LogP contribution in [0.25, 0.3) is 0 Å². The summed E-state index contributed by atoms with van der Waals surface area (Å²) in [7, 11) is 0. The molecule has 0 bridgehead atoms. The molecule has 10 fully saturated rings. The molecule has 11 aliphatic rings. The Morgan fingerprint density at radius 1 is 1.11 bits per heavy atom. The van der Waals surface area contributed by atoms with Crippen LogP contribution in [-0.2, 0) is 19.4 Å². The van der Waals surface area contributed by atoms with E-state index in [2.05, 4.69) is 24.8 Å². The third kappa shape index (κ3) is 0.240. The fraction of sp³-hybridized carbons (Fsp3) is 0.760. The molecule has 150 valence electrons. The number of hydrogen-bond donors (Lipinski definition) is 1. The van der Waals surface area contributed by atoms with E-state index in [1.807, 2.05) is 12.1 Å². The molecule has 2 nitrogen and oxygen atoms in total. The molecule has 3 heteroatoms. The van der Waals surface area contributed by atoms with Crippen LogP contribution in [0.4, 0.5) is 0 Å². The van der Waals surface area contributed by atoms with Gasteiger partial charge in [-0.05, 0) is 0 Å². The van der Waals surface area contributed by atoms with E-state index in [0.29, 0.717) is 11.8 Å². The standard InChI is InChI=1S/C20H26NO.C5H5.Fe/c1-3-13-21(15(2)16-7-4-5-8-16)18-12-11-17-9-6-10-20(22)19(17)14-18;1-2-4-5-3-1;/h4-10,15,18,22H,3,11-14H2,1-2H3;1-5H;. The van der Waals surface area contributed by atoms with Gasteiger partial charge < -0.3 is 0 Å². The fourth-order valence-electron chi connectivity index (χ4n) is 20.8. The van der Waals surface area contributed by atoms with Crippen molar-refractivity contribution in [2.75, 3.05) is 6.54 Å². The number of fused-ring (bicyclic) bond motifs is 11. The van der Waals surface area contributed by atoms with Crippen LogP contribution in [-0.4, -0.2) is 28.6 Å². The molecule has 10 heterocycles. The first-order valence-electron chi connectivity index (χ1n) is 12.2. The number of hydrogen-bond acceptors (Lipinski definition) is 2. The van der Waals surface area contributed by atoms with Gasteiger partial charge >= 0.3 is 157 Å². The van der Waals surface area contributed by atoms with Crippen LogP contribution in [0.5, 0.6) is 5.75 Å². The van der Waals surface area contributed by atoms with Crippen LogP contribution >= 0.6 is 0 Å². The summed E-state index contributed by atoms with van der Waals surface area (Å²) in [6.07, 6.45) is 4.87. The van der Waals surface area contributed by atoms with E-state index in [4.69, 9.17) is 0 Å². The predicted molar refractivity (Wildman–Crippen MR) is 107 cm³/mol. The van der Waals surface area contributed by atoms with Crippen molar-refractivity contribution in [1.29, 1.82) is 0 Å². The zero-order valence-corrected chi connectivity index (χ0v) is 18.0. The van der Waals surface area contributed by atoms with Gasteiger partial charge in [0.2, 0.25) is 0 Å². The summed E-state index contributed by atoms with van der Waals surface area (Å²) in [5.41, 5.74) is 2.69. The molecule has 6 unspecified atom stereocenters. The Balaban J connectivity index is 1.03. The van der Waals surface area contributed by atoms with Crippen LogP contribution in [0.3, 0.4) is 0 Å². The van der Waals surface area contributed by atoms with E-state index in [9.17, 15) is 5.11 Å². The summed E-state index contributed by atoms with van der Waals surface area (Å²) < 4.78 is 0.979. The molecule has 0 aromatic heterocycles. The van der Waals surface area contributed by atoms with Crippen molar-refractivity contribution >= 4 is 0 Å². The molecule has 10 aliphatic heterocycles. The van der Waals surface area contributed by atoms with E-state index in [0.717, 1.165) is 16.8 Å². The molecule has 1 aliphatic carbocycles. The summed E-state index contributed by atoms with van der Waals surface area (Å²) in [4.78, 5) is 15.9. The second-order valence-corrected chi connectivity index (χ2v) is 38.6. The first-order chi connectivity index (χ1) is 13.4. The van der Waals surface area contributed by atoms with Gasteiger partial charge in [-0.3, -0.25) is 0 Å². The number of rotatable bonds is 5. The molecule has 1 aromatic carbocycles. The van der Waals surface area contributed by atoms with Gasteiger partial charge in [-0.2, -0.15) is 0 Å². The summed E-state index contributed by atoms with van der Waals surface area (Å²) in [5, 5.41) is 10.5. The Labute approximate surface area is 157 Å². The molecule has 0 saturated carbocycles. The summed E-state index contributed by atoms with van der Waals surface area (Å²) >= 11 is 0. The first-order valence-corrected chi connectivity index (χ1v) is 18.4. The van der Waals surface area contributed by atoms with E-state index in [1.54, 1.807) is 0 Å². The number of aromatic hydroxyl groups is 1. The Bertz CT molecular complexity index is 1370. The van der Waals surface area contributed by atoms with Gasteiger partial charge in [0, 0.05) is 0 Å². The van der Waals surface area contributed by atoms with E-state index < -0.39 is 6.51 Å². The number of benzene rings is 1. The van der Waals surface area contributed by atoms with Gasteiger partial charge in [0.1, 0.15) is 0 Å². The van der Waals surface area contributed by atoms with Crippen LogP contribution in [0.2, 0.25) is 47.7 Å². The van der Waals surface area contributed by atoms with Crippen molar-refractivity contribution in [2.24, 2.45) is 0 Å². The number of aryl methyl sites for hydroxylation is 1. The maximum atomic E-state index is 10.5. The van der Waals surface area contributed by atoms with E-state index >= 15 is 0 Å². The van der Waals surface area contributed by atoms with Crippen LogP contribution in [0, 0.1) is 0 Å². The minimum absolute atomic E-state index is 0.560. The minimum atomic E-state index is -3.04. The first kappa shape index (κ1) is 13.0. The zero-order chi connectivity index (χ0) is 18.1. The molecule has 6 atom stereocenters. The predicted octanol–water partition coefficient (Wildman–Crippen LogP) is 6.11. The Morgan fingerprint density at radius 2 is 1.79 bits per heavy atom. The molecule has 0 amide bonds. The van der Waals surface area contributed by atoms with E-state index in [-0.39, 0.29) is 0 Å². The second-order valence-electron chi connectivity index (χ2n) is 15.0. The average Bonchev–Trinajstić information content (AvgIpc) is 3.64. The third-order valence-corrected chi connectivity index (χ3v) is 62.1. The van der Waals surface area contributed by atoms with Gasteiger partial charge in [0.05, 0.1) is 0 Å². The van der Waals surface area contributed by atoms with Gasteiger partial charge in [0.25, 0.3) is 0 Å².